The molecule has 1 N–H and O–H groups in total. The number of hydrogen-bond donors (Lipinski definition) is 1. The minimum absolute atomic E-state index is 0.174. The van der Waals surface area contributed by atoms with Crippen LogP contribution in [0.2, 0.25) is 5.02 Å². The molecule has 12 rings (SSSR count). The average Bonchev–Trinajstić information content (AvgIpc) is 3.93. The summed E-state index contributed by atoms with van der Waals surface area (Å²) in [6.45, 7) is 2.15. The van der Waals surface area contributed by atoms with Crippen LogP contribution in [0, 0.1) is 0 Å². The SMILES string of the molecule is O=C1CC[C@H](N2Cc3c(ccc4c3OCC43CCN(C(=O)N4CCC(N5CCC(c6ccc7c(c6)C6(CCCCC6)c6nc(=O)c8c(Cl)cccc8n6-7)CC5)C(F)(F)C4)CC3)C2=O)C(=O)N1. The molecule has 1 unspecified atom stereocenters. The van der Waals surface area contributed by atoms with Crippen LogP contribution >= 0.6 is 11.6 Å². The van der Waals surface area contributed by atoms with Crippen molar-refractivity contribution in [2.75, 3.05) is 45.9 Å². The molecule has 1 aliphatic carbocycles. The molecule has 2 atom stereocenters. The number of carbonyl (C=O) groups excluding carboxylic acids is 4. The Balaban J connectivity index is 0.688. The minimum Gasteiger partial charge on any atom is -0.492 e. The lowest BCUT2D eigenvalue weighted by atomic mass is 9.69. The van der Waals surface area contributed by atoms with E-state index in [0.29, 0.717) is 67.3 Å². The van der Waals surface area contributed by atoms with Gasteiger partial charge in [-0.15, -0.1) is 0 Å². The van der Waals surface area contributed by atoms with Crippen molar-refractivity contribution in [3.8, 4) is 11.4 Å². The normalized spacial score (nSPS) is 25.5. The molecule has 16 heteroatoms. The van der Waals surface area contributed by atoms with Gasteiger partial charge in [0.1, 0.15) is 17.6 Å². The van der Waals surface area contributed by atoms with Gasteiger partial charge >= 0.3 is 6.03 Å². The first-order valence-corrected chi connectivity index (χ1v) is 24.2. The van der Waals surface area contributed by atoms with E-state index in [1.54, 1.807) is 17.0 Å². The Labute approximate surface area is 385 Å². The first-order chi connectivity index (χ1) is 31.9. The molecule has 7 aliphatic heterocycles. The number of imide groups is 1. The Morgan fingerprint density at radius 2 is 1.64 bits per heavy atom. The van der Waals surface area contributed by atoms with Crippen molar-refractivity contribution in [2.45, 2.75) is 118 Å². The minimum atomic E-state index is -3.07. The van der Waals surface area contributed by atoms with Gasteiger partial charge in [0.15, 0.2) is 0 Å². The fourth-order valence-electron chi connectivity index (χ4n) is 13.3. The number of amides is 5. The van der Waals surface area contributed by atoms with Gasteiger partial charge < -0.3 is 19.4 Å². The standard InChI is InChI=1S/C50H52ClF2N7O6/c51-35-5-4-6-37-41(35)44(63)55-46-49(16-2-1-3-17-49)34-25-30(7-10-36(34)60(37)46)29-13-20-56(21-14-29)39-15-22-58(27-50(39,52)53)47(65)57-23-18-48(19-24-57)28-66-42-32-26-59(38-11-12-40(61)54-43(38)62)45(64)31(32)8-9-33(42)48/h4-10,25,29,38-39H,1-3,11-24,26-28H2,(H,54,61,62)/t38-,39?/m0/s1. The molecule has 8 aliphatic rings. The van der Waals surface area contributed by atoms with Crippen LogP contribution in [0.1, 0.15) is 121 Å². The number of carbonyl (C=O) groups is 4. The van der Waals surface area contributed by atoms with Crippen molar-refractivity contribution >= 4 is 46.3 Å². The summed E-state index contributed by atoms with van der Waals surface area (Å²) in [5.41, 5.74) is 5.42. The second-order valence-corrected chi connectivity index (χ2v) is 20.5. The second kappa shape index (κ2) is 15.3. The lowest BCUT2D eigenvalue weighted by molar-refractivity contribution is -0.136. The van der Waals surface area contributed by atoms with Gasteiger partial charge in [-0.1, -0.05) is 55.1 Å². The maximum Gasteiger partial charge on any atom is 0.320 e. The number of alkyl halides is 2. The molecule has 1 saturated carbocycles. The number of piperidine rings is 4. The maximum atomic E-state index is 16.3. The Morgan fingerprint density at radius 3 is 2.39 bits per heavy atom. The smallest absolute Gasteiger partial charge is 0.320 e. The zero-order valence-electron chi connectivity index (χ0n) is 36.8. The maximum absolute atomic E-state index is 16.3. The molecule has 8 heterocycles. The van der Waals surface area contributed by atoms with Crippen LogP contribution in [-0.4, -0.2) is 117 Å². The van der Waals surface area contributed by atoms with Gasteiger partial charge in [0.05, 0.1) is 52.8 Å². The summed E-state index contributed by atoms with van der Waals surface area (Å²) in [6, 6.07) is 13.9. The predicted octanol–water partition coefficient (Wildman–Crippen LogP) is 6.80. The summed E-state index contributed by atoms with van der Waals surface area (Å²) in [5.74, 6) is -2.46. The highest BCUT2D eigenvalue weighted by Gasteiger charge is 2.53. The first kappa shape index (κ1) is 42.0. The zero-order chi connectivity index (χ0) is 45.3. The second-order valence-electron chi connectivity index (χ2n) is 20.1. The van der Waals surface area contributed by atoms with Crippen molar-refractivity contribution in [2.24, 2.45) is 0 Å². The molecule has 13 nitrogen and oxygen atoms in total. The average molecular weight is 920 g/mol. The Hall–Kier alpha value is -5.41. The van der Waals surface area contributed by atoms with Gasteiger partial charge in [-0.2, -0.15) is 4.98 Å². The number of nitrogens with one attached hydrogen (secondary N) is 1. The molecule has 344 valence electrons. The van der Waals surface area contributed by atoms with Crippen molar-refractivity contribution < 1.29 is 32.7 Å². The van der Waals surface area contributed by atoms with E-state index in [9.17, 15) is 24.0 Å². The number of ether oxygens (including phenoxy) is 1. The molecule has 2 spiro atoms. The summed E-state index contributed by atoms with van der Waals surface area (Å²) >= 11 is 6.56. The lowest BCUT2D eigenvalue weighted by Gasteiger charge is -2.47. The number of fused-ring (bicyclic) bond motifs is 11. The number of urea groups is 1. The van der Waals surface area contributed by atoms with E-state index in [0.717, 1.165) is 73.1 Å². The molecular formula is C50H52ClF2N7O6. The third-order valence-corrected chi connectivity index (χ3v) is 17.1. The van der Waals surface area contributed by atoms with Gasteiger partial charge in [-0.05, 0) is 106 Å². The summed E-state index contributed by atoms with van der Waals surface area (Å²) in [6.07, 6.45) is 8.43. The van der Waals surface area contributed by atoms with Crippen LogP contribution in [0.15, 0.2) is 53.3 Å². The molecule has 1 aromatic heterocycles. The van der Waals surface area contributed by atoms with Crippen LogP contribution in [0.25, 0.3) is 16.6 Å². The molecule has 5 amide bonds. The number of benzene rings is 3. The number of rotatable bonds is 3. The van der Waals surface area contributed by atoms with Gasteiger partial charge in [-0.25, -0.2) is 13.6 Å². The third kappa shape index (κ3) is 6.30. The summed E-state index contributed by atoms with van der Waals surface area (Å²) in [4.78, 5) is 76.4. The monoisotopic (exact) mass is 919 g/mol. The van der Waals surface area contributed by atoms with E-state index in [2.05, 4.69) is 28.1 Å². The van der Waals surface area contributed by atoms with Crippen LogP contribution < -0.4 is 15.6 Å². The van der Waals surface area contributed by atoms with Crippen LogP contribution in [0.4, 0.5) is 13.6 Å². The van der Waals surface area contributed by atoms with Gasteiger partial charge in [0.2, 0.25) is 11.8 Å². The molecule has 66 heavy (non-hydrogen) atoms. The topological polar surface area (TPSA) is 137 Å². The van der Waals surface area contributed by atoms with Gasteiger partial charge in [0, 0.05) is 48.2 Å². The van der Waals surface area contributed by atoms with Crippen molar-refractivity contribution in [1.29, 1.82) is 0 Å². The quantitative estimate of drug-likeness (QED) is 0.222. The fourth-order valence-corrected chi connectivity index (χ4v) is 13.5. The van der Waals surface area contributed by atoms with Crippen molar-refractivity contribution in [1.82, 2.24) is 34.5 Å². The summed E-state index contributed by atoms with van der Waals surface area (Å²) < 4.78 is 41.0. The van der Waals surface area contributed by atoms with Crippen molar-refractivity contribution in [3.05, 3.63) is 97.5 Å². The zero-order valence-corrected chi connectivity index (χ0v) is 37.5. The lowest BCUT2D eigenvalue weighted by Crippen LogP contribution is -2.62. The predicted molar refractivity (Wildman–Crippen MR) is 241 cm³/mol. The summed E-state index contributed by atoms with van der Waals surface area (Å²) in [5, 5.41) is 3.18. The number of aromatic nitrogens is 2. The molecule has 4 aromatic rings. The van der Waals surface area contributed by atoms with E-state index >= 15 is 8.78 Å². The molecule has 0 bridgehead atoms. The molecule has 5 fully saturated rings. The number of hydrogen-bond acceptors (Lipinski definition) is 8. The first-order valence-electron chi connectivity index (χ1n) is 23.8. The number of halogens is 3. The van der Waals surface area contributed by atoms with Crippen LogP contribution in [0.3, 0.4) is 0 Å². The Morgan fingerprint density at radius 1 is 0.848 bits per heavy atom. The van der Waals surface area contributed by atoms with E-state index in [4.69, 9.17) is 21.3 Å². The third-order valence-electron chi connectivity index (χ3n) is 16.8. The van der Waals surface area contributed by atoms with E-state index in [1.807, 2.05) is 23.1 Å². The van der Waals surface area contributed by atoms with Gasteiger partial charge in [0.25, 0.3) is 17.4 Å². The van der Waals surface area contributed by atoms with Crippen LogP contribution in [0.5, 0.6) is 5.75 Å². The summed E-state index contributed by atoms with van der Waals surface area (Å²) in [7, 11) is 0. The largest absolute Gasteiger partial charge is 0.492 e. The van der Waals surface area contributed by atoms with Crippen LogP contribution in [-0.2, 0) is 27.0 Å². The molecule has 3 aromatic carbocycles. The molecule has 4 saturated heterocycles. The number of nitrogens with zero attached hydrogens (tertiary/aromatic N) is 6. The van der Waals surface area contributed by atoms with E-state index < -0.39 is 30.5 Å². The fraction of sp³-hybridized carbons (Fsp3) is 0.520. The highest BCUT2D eigenvalue weighted by molar-refractivity contribution is 6.35. The Kier molecular flexibility index (Phi) is 9.74. The molecular weight excluding hydrogens is 868 g/mol. The van der Waals surface area contributed by atoms with Gasteiger partial charge in [-0.3, -0.25) is 34.0 Å². The van der Waals surface area contributed by atoms with E-state index in [1.165, 1.54) is 20.9 Å². The highest BCUT2D eigenvalue weighted by atomic mass is 35.5. The number of likely N-dealkylation sites (tertiary alicyclic amines) is 3. The Bertz CT molecular complexity index is 2810. The molecule has 0 radical (unpaired) electrons. The van der Waals surface area contributed by atoms with E-state index in [-0.39, 0.29) is 72.5 Å². The van der Waals surface area contributed by atoms with Crippen molar-refractivity contribution in [3.63, 3.8) is 0 Å². The highest BCUT2D eigenvalue weighted by Crippen LogP contribution is 2.53.